The van der Waals surface area contributed by atoms with Crippen LogP contribution in [0.25, 0.3) is 22.2 Å². The lowest BCUT2D eigenvalue weighted by Gasteiger charge is -2.36. The van der Waals surface area contributed by atoms with E-state index < -0.39 is 12.3 Å². The topological polar surface area (TPSA) is 123 Å². The molecule has 48 heavy (non-hydrogen) atoms. The minimum absolute atomic E-state index is 0.00951. The van der Waals surface area contributed by atoms with Crippen molar-refractivity contribution in [3.63, 3.8) is 0 Å². The fourth-order valence-electron chi connectivity index (χ4n) is 6.16. The lowest BCUT2D eigenvalue weighted by molar-refractivity contribution is -0.252. The number of carboxylic acids is 1. The number of carboxylic acid groups (broad SMARTS) is 1. The summed E-state index contributed by atoms with van der Waals surface area (Å²) in [6.45, 7) is 1.03. The van der Waals surface area contributed by atoms with Crippen LogP contribution in [-0.2, 0) is 38.8 Å². The van der Waals surface area contributed by atoms with Gasteiger partial charge in [0.1, 0.15) is 0 Å². The molecule has 1 aromatic heterocycles. The summed E-state index contributed by atoms with van der Waals surface area (Å²) in [6.07, 6.45) is 4.08. The molecule has 6 rings (SSSR count). The highest BCUT2D eigenvalue weighted by Crippen LogP contribution is 2.39. The van der Waals surface area contributed by atoms with Gasteiger partial charge in [0, 0.05) is 31.4 Å². The quantitative estimate of drug-likeness (QED) is 0.110. The molecule has 5 aromatic rings. The van der Waals surface area contributed by atoms with Gasteiger partial charge in [0.05, 0.1) is 42.7 Å². The number of para-hydroxylation sites is 2. The predicted molar refractivity (Wildman–Crippen MR) is 183 cm³/mol. The Hall–Kier alpha value is -4.83. The van der Waals surface area contributed by atoms with Crippen molar-refractivity contribution in [3.05, 3.63) is 126 Å². The molecule has 2 heterocycles. The van der Waals surface area contributed by atoms with Crippen LogP contribution >= 0.6 is 0 Å². The Morgan fingerprint density at radius 1 is 0.812 bits per heavy atom. The number of rotatable bonds is 14. The number of nitrogens with one attached hydrogen (secondary N) is 1. The zero-order valence-corrected chi connectivity index (χ0v) is 26.8. The van der Waals surface area contributed by atoms with Crippen molar-refractivity contribution in [3.8, 4) is 11.1 Å². The SMILES string of the molecule is O=C(O)CCCCCC(=O)NCc1cccc(-c2cccc(C3OC(Cn4cnc5ccccc54)CC(c4ccc(CO)cc4)O3)c2)c1. The number of carbonyl (C=O) groups excluding carboxylic acids is 1. The van der Waals surface area contributed by atoms with Crippen LogP contribution in [0.2, 0.25) is 0 Å². The fraction of sp³-hybridized carbons (Fsp3) is 0.308. The Kier molecular flexibility index (Phi) is 10.9. The molecule has 1 aliphatic rings. The Bertz CT molecular complexity index is 1840. The molecule has 1 saturated heterocycles. The molecule has 4 aromatic carbocycles. The predicted octanol–water partition coefficient (Wildman–Crippen LogP) is 7.09. The van der Waals surface area contributed by atoms with Crippen molar-refractivity contribution in [2.75, 3.05) is 0 Å². The summed E-state index contributed by atoms with van der Waals surface area (Å²) >= 11 is 0. The maximum Gasteiger partial charge on any atom is 0.303 e. The van der Waals surface area contributed by atoms with Crippen LogP contribution in [-0.4, -0.2) is 37.7 Å². The van der Waals surface area contributed by atoms with Gasteiger partial charge in [-0.15, -0.1) is 0 Å². The third-order valence-corrected chi connectivity index (χ3v) is 8.75. The van der Waals surface area contributed by atoms with E-state index in [1.807, 2.05) is 79.1 Å². The highest BCUT2D eigenvalue weighted by atomic mass is 16.7. The number of benzene rings is 4. The minimum Gasteiger partial charge on any atom is -0.481 e. The molecular formula is C39H41N3O6. The normalized spacial score (nSPS) is 17.7. The first-order chi connectivity index (χ1) is 23.4. The summed E-state index contributed by atoms with van der Waals surface area (Å²) in [7, 11) is 0. The number of hydrogen-bond donors (Lipinski definition) is 3. The Morgan fingerprint density at radius 3 is 2.40 bits per heavy atom. The number of nitrogens with zero attached hydrogens (tertiary/aromatic N) is 2. The lowest BCUT2D eigenvalue weighted by atomic mass is 9.98. The van der Waals surface area contributed by atoms with Crippen LogP contribution < -0.4 is 5.32 Å². The van der Waals surface area contributed by atoms with Crippen LogP contribution in [0, 0.1) is 0 Å². The number of aliphatic hydroxyl groups excluding tert-OH is 1. The van der Waals surface area contributed by atoms with Gasteiger partial charge in [-0.2, -0.15) is 0 Å². The zero-order chi connectivity index (χ0) is 33.3. The number of amides is 1. The number of aliphatic carboxylic acids is 1. The van der Waals surface area contributed by atoms with Crippen molar-refractivity contribution in [2.45, 2.75) is 76.7 Å². The third kappa shape index (κ3) is 8.55. The number of imidazole rings is 1. The van der Waals surface area contributed by atoms with Gasteiger partial charge in [-0.1, -0.05) is 79.2 Å². The fourth-order valence-corrected chi connectivity index (χ4v) is 6.16. The van der Waals surface area contributed by atoms with E-state index in [9.17, 15) is 14.7 Å². The summed E-state index contributed by atoms with van der Waals surface area (Å²) in [6, 6.07) is 32.3. The second-order valence-corrected chi connectivity index (χ2v) is 12.3. The summed E-state index contributed by atoms with van der Waals surface area (Å²) in [4.78, 5) is 27.6. The average molecular weight is 648 g/mol. The van der Waals surface area contributed by atoms with Crippen molar-refractivity contribution < 1.29 is 29.3 Å². The van der Waals surface area contributed by atoms with E-state index in [4.69, 9.17) is 14.6 Å². The van der Waals surface area contributed by atoms with Gasteiger partial charge in [-0.25, -0.2) is 4.98 Å². The molecule has 3 atom stereocenters. The largest absolute Gasteiger partial charge is 0.481 e. The van der Waals surface area contributed by atoms with Gasteiger partial charge in [-0.05, 0) is 64.9 Å². The van der Waals surface area contributed by atoms with E-state index in [-0.39, 0.29) is 31.1 Å². The first-order valence-corrected chi connectivity index (χ1v) is 16.5. The molecule has 1 amide bonds. The molecule has 0 radical (unpaired) electrons. The summed E-state index contributed by atoms with van der Waals surface area (Å²) < 4.78 is 15.4. The molecule has 0 saturated carbocycles. The minimum atomic E-state index is -0.804. The van der Waals surface area contributed by atoms with Crippen molar-refractivity contribution in [2.24, 2.45) is 0 Å². The second-order valence-electron chi connectivity index (χ2n) is 12.3. The maximum absolute atomic E-state index is 12.4. The number of hydrogen-bond acceptors (Lipinski definition) is 6. The molecule has 9 heteroatoms. The number of unbranched alkanes of at least 4 members (excludes halogenated alkanes) is 2. The van der Waals surface area contributed by atoms with Crippen LogP contribution in [0.1, 0.15) is 73.2 Å². The number of ether oxygens (including phenoxy) is 2. The van der Waals surface area contributed by atoms with Gasteiger partial charge < -0.3 is 29.6 Å². The van der Waals surface area contributed by atoms with E-state index in [0.29, 0.717) is 38.8 Å². The Labute approximate surface area is 280 Å². The van der Waals surface area contributed by atoms with Crippen molar-refractivity contribution in [1.29, 1.82) is 0 Å². The van der Waals surface area contributed by atoms with Crippen molar-refractivity contribution in [1.82, 2.24) is 14.9 Å². The smallest absolute Gasteiger partial charge is 0.303 e. The molecule has 248 valence electrons. The van der Waals surface area contributed by atoms with Gasteiger partial charge >= 0.3 is 5.97 Å². The number of aromatic nitrogens is 2. The van der Waals surface area contributed by atoms with Gasteiger partial charge in [0.2, 0.25) is 5.91 Å². The van der Waals surface area contributed by atoms with Crippen LogP contribution in [0.5, 0.6) is 0 Å². The second kappa shape index (κ2) is 15.8. The van der Waals surface area contributed by atoms with E-state index in [1.54, 1.807) is 0 Å². The summed E-state index contributed by atoms with van der Waals surface area (Å²) in [5.74, 6) is -0.843. The van der Waals surface area contributed by atoms with E-state index in [1.165, 1.54) is 0 Å². The van der Waals surface area contributed by atoms with E-state index in [0.717, 1.165) is 50.8 Å². The monoisotopic (exact) mass is 647 g/mol. The summed E-state index contributed by atoms with van der Waals surface area (Å²) in [5.41, 5.74) is 7.82. The zero-order valence-electron chi connectivity index (χ0n) is 26.8. The van der Waals surface area contributed by atoms with Gasteiger partial charge in [0.15, 0.2) is 6.29 Å². The van der Waals surface area contributed by atoms with E-state index >= 15 is 0 Å². The Morgan fingerprint density at radius 2 is 1.58 bits per heavy atom. The first-order valence-electron chi connectivity index (χ1n) is 16.5. The maximum atomic E-state index is 12.4. The molecule has 0 bridgehead atoms. The molecule has 3 N–H and O–H groups in total. The molecule has 3 unspecified atom stereocenters. The number of carbonyl (C=O) groups is 2. The van der Waals surface area contributed by atoms with Crippen LogP contribution in [0.3, 0.4) is 0 Å². The van der Waals surface area contributed by atoms with Crippen LogP contribution in [0.4, 0.5) is 0 Å². The van der Waals surface area contributed by atoms with Crippen LogP contribution in [0.15, 0.2) is 103 Å². The summed E-state index contributed by atoms with van der Waals surface area (Å²) in [5, 5.41) is 21.3. The third-order valence-electron chi connectivity index (χ3n) is 8.75. The van der Waals surface area contributed by atoms with Gasteiger partial charge in [-0.3, -0.25) is 9.59 Å². The molecule has 1 aliphatic heterocycles. The number of fused-ring (bicyclic) bond motifs is 1. The van der Waals surface area contributed by atoms with E-state index in [2.05, 4.69) is 39.1 Å². The first kappa shape index (κ1) is 33.1. The Balaban J connectivity index is 1.16. The highest BCUT2D eigenvalue weighted by molar-refractivity contribution is 5.76. The molecule has 0 spiro atoms. The average Bonchev–Trinajstić information content (AvgIpc) is 3.53. The lowest BCUT2D eigenvalue weighted by Crippen LogP contribution is -2.32. The highest BCUT2D eigenvalue weighted by Gasteiger charge is 2.33. The van der Waals surface area contributed by atoms with Gasteiger partial charge in [0.25, 0.3) is 0 Å². The molecule has 9 nitrogen and oxygen atoms in total. The molecule has 0 aliphatic carbocycles. The van der Waals surface area contributed by atoms with Crippen molar-refractivity contribution >= 4 is 22.9 Å². The standard InChI is InChI=1S/C39H41N3O6/c43-25-27-16-18-29(19-17-27)36-22-33(24-42-26-41-34-12-4-5-13-35(34)42)47-39(48-36)32-11-7-10-31(21-32)30-9-6-8-28(20-30)23-40-37(44)14-2-1-3-15-38(45)46/h4-13,16-21,26,33,36,39,43H,1-3,14-15,22-25H2,(H,40,44)(H,45,46). The molecular weight excluding hydrogens is 606 g/mol. The number of aliphatic hydroxyl groups is 1. The molecule has 1 fully saturated rings.